The Labute approximate surface area is 97.6 Å². The van der Waals surface area contributed by atoms with Gasteiger partial charge in [-0.3, -0.25) is 0 Å². The maximum Gasteiger partial charge on any atom is 0.0218 e. The molecule has 0 amide bonds. The lowest BCUT2D eigenvalue weighted by Crippen LogP contribution is -2.20. The van der Waals surface area contributed by atoms with E-state index in [-0.39, 0.29) is 0 Å². The van der Waals surface area contributed by atoms with Gasteiger partial charge in [-0.1, -0.05) is 22.0 Å². The second-order valence-corrected chi connectivity index (χ2v) is 6.07. The highest BCUT2D eigenvalue weighted by Crippen LogP contribution is 2.41. The number of rotatable bonds is 2. The zero-order chi connectivity index (χ0) is 10.1. The van der Waals surface area contributed by atoms with Crippen LogP contribution < -0.4 is 5.73 Å². The van der Waals surface area contributed by atoms with E-state index in [9.17, 15) is 0 Å². The predicted molar refractivity (Wildman–Crippen MR) is 65.8 cm³/mol. The molecule has 0 spiro atoms. The van der Waals surface area contributed by atoms with Gasteiger partial charge in [-0.2, -0.15) is 0 Å². The van der Waals surface area contributed by atoms with Gasteiger partial charge >= 0.3 is 0 Å². The predicted octanol–water partition coefficient (Wildman–Crippen LogP) is 3.20. The molecule has 1 heterocycles. The molecule has 2 rings (SSSR count). The van der Waals surface area contributed by atoms with Gasteiger partial charge in [-0.25, -0.2) is 0 Å². The van der Waals surface area contributed by atoms with Crippen molar-refractivity contribution in [2.24, 2.45) is 5.73 Å². The molecule has 1 aliphatic heterocycles. The van der Waals surface area contributed by atoms with Crippen molar-refractivity contribution in [3.63, 3.8) is 0 Å². The average molecular weight is 272 g/mol. The molecule has 1 nitrogen and oxygen atoms in total. The smallest absolute Gasteiger partial charge is 0.0218 e. The third kappa shape index (κ3) is 2.15. The molecule has 0 bridgehead atoms. The first-order chi connectivity index (χ1) is 6.66. The zero-order valence-electron chi connectivity index (χ0n) is 8.16. The highest BCUT2D eigenvalue weighted by Gasteiger charge is 2.24. The van der Waals surface area contributed by atoms with Crippen LogP contribution in [-0.2, 0) is 6.42 Å². The lowest BCUT2D eigenvalue weighted by Gasteiger charge is -2.10. The standard InChI is InChI=1S/C11H14BrNS/c1-7(13)5-8-6-9-10(12)3-2-4-11(9)14-8/h2-4,7-8H,5-6,13H2,1H3. The van der Waals surface area contributed by atoms with Gasteiger partial charge in [0.15, 0.2) is 0 Å². The van der Waals surface area contributed by atoms with Gasteiger partial charge in [0, 0.05) is 20.7 Å². The molecule has 3 heteroatoms. The number of fused-ring (bicyclic) bond motifs is 1. The van der Waals surface area contributed by atoms with E-state index in [1.54, 1.807) is 0 Å². The molecule has 0 aromatic heterocycles. The summed E-state index contributed by atoms with van der Waals surface area (Å²) in [6, 6.07) is 6.73. The molecule has 0 saturated carbocycles. The van der Waals surface area contributed by atoms with Gasteiger partial charge in [0.2, 0.25) is 0 Å². The van der Waals surface area contributed by atoms with Crippen molar-refractivity contribution in [3.05, 3.63) is 28.2 Å². The van der Waals surface area contributed by atoms with E-state index in [4.69, 9.17) is 5.73 Å². The van der Waals surface area contributed by atoms with E-state index in [1.807, 2.05) is 11.8 Å². The van der Waals surface area contributed by atoms with Crippen molar-refractivity contribution >= 4 is 27.7 Å². The minimum absolute atomic E-state index is 0.306. The maximum absolute atomic E-state index is 5.82. The van der Waals surface area contributed by atoms with Crippen molar-refractivity contribution in [2.45, 2.75) is 36.0 Å². The first-order valence-electron chi connectivity index (χ1n) is 4.86. The van der Waals surface area contributed by atoms with Crippen LogP contribution in [0.15, 0.2) is 27.6 Å². The first-order valence-corrected chi connectivity index (χ1v) is 6.53. The van der Waals surface area contributed by atoms with Gasteiger partial charge in [-0.05, 0) is 37.5 Å². The van der Waals surface area contributed by atoms with Gasteiger partial charge in [0.1, 0.15) is 0 Å². The maximum atomic E-state index is 5.82. The Morgan fingerprint density at radius 1 is 1.64 bits per heavy atom. The van der Waals surface area contributed by atoms with Crippen LogP contribution in [0.25, 0.3) is 0 Å². The summed E-state index contributed by atoms with van der Waals surface area (Å²) in [6.07, 6.45) is 2.26. The van der Waals surface area contributed by atoms with Gasteiger partial charge in [-0.15, -0.1) is 11.8 Å². The molecule has 1 aromatic rings. The monoisotopic (exact) mass is 271 g/mol. The Hall–Kier alpha value is 0.01000. The fraction of sp³-hybridized carbons (Fsp3) is 0.455. The molecule has 2 N–H and O–H groups in total. The van der Waals surface area contributed by atoms with E-state index in [1.165, 1.54) is 14.9 Å². The topological polar surface area (TPSA) is 26.0 Å². The molecule has 0 fully saturated rings. The fourth-order valence-corrected chi connectivity index (χ4v) is 4.00. The van der Waals surface area contributed by atoms with E-state index in [0.717, 1.165) is 12.8 Å². The van der Waals surface area contributed by atoms with Crippen LogP contribution in [0.2, 0.25) is 0 Å². The minimum atomic E-state index is 0.306. The fourth-order valence-electron chi connectivity index (χ4n) is 1.84. The van der Waals surface area contributed by atoms with Crippen molar-refractivity contribution in [1.29, 1.82) is 0 Å². The van der Waals surface area contributed by atoms with E-state index >= 15 is 0 Å². The van der Waals surface area contributed by atoms with Crippen LogP contribution in [0, 0.1) is 0 Å². The normalized spacial score (nSPS) is 22.1. The summed E-state index contributed by atoms with van der Waals surface area (Å²) in [7, 11) is 0. The Morgan fingerprint density at radius 2 is 2.43 bits per heavy atom. The number of nitrogens with two attached hydrogens (primary N) is 1. The number of hydrogen-bond donors (Lipinski definition) is 1. The van der Waals surface area contributed by atoms with Crippen LogP contribution in [0.5, 0.6) is 0 Å². The molecular weight excluding hydrogens is 258 g/mol. The molecule has 1 aliphatic rings. The third-order valence-electron chi connectivity index (χ3n) is 2.44. The second kappa shape index (κ2) is 4.25. The van der Waals surface area contributed by atoms with Crippen LogP contribution in [0.3, 0.4) is 0 Å². The highest BCUT2D eigenvalue weighted by molar-refractivity contribution is 9.10. The molecule has 2 unspecified atom stereocenters. The Bertz CT molecular complexity index is 338. The lowest BCUT2D eigenvalue weighted by atomic mass is 10.1. The summed E-state index contributed by atoms with van der Waals surface area (Å²) in [4.78, 5) is 1.42. The summed E-state index contributed by atoms with van der Waals surface area (Å²) >= 11 is 5.57. The summed E-state index contributed by atoms with van der Waals surface area (Å²) < 4.78 is 1.25. The molecule has 76 valence electrons. The van der Waals surface area contributed by atoms with Crippen molar-refractivity contribution in [1.82, 2.24) is 0 Å². The van der Waals surface area contributed by atoms with Crippen LogP contribution in [0.1, 0.15) is 18.9 Å². The average Bonchev–Trinajstić information content (AvgIpc) is 2.47. The van der Waals surface area contributed by atoms with Crippen LogP contribution in [-0.4, -0.2) is 11.3 Å². The minimum Gasteiger partial charge on any atom is -0.328 e. The number of benzene rings is 1. The first kappa shape index (κ1) is 10.5. The third-order valence-corrected chi connectivity index (χ3v) is 4.51. The highest BCUT2D eigenvalue weighted by atomic mass is 79.9. The summed E-state index contributed by atoms with van der Waals surface area (Å²) in [5.74, 6) is 0. The van der Waals surface area contributed by atoms with Gasteiger partial charge < -0.3 is 5.73 Å². The van der Waals surface area contributed by atoms with E-state index in [2.05, 4.69) is 41.1 Å². The molecule has 0 aliphatic carbocycles. The largest absolute Gasteiger partial charge is 0.328 e. The Morgan fingerprint density at radius 3 is 3.07 bits per heavy atom. The number of hydrogen-bond acceptors (Lipinski definition) is 2. The number of halogens is 1. The molecular formula is C11H14BrNS. The molecule has 0 radical (unpaired) electrons. The van der Waals surface area contributed by atoms with Crippen molar-refractivity contribution in [2.75, 3.05) is 0 Å². The van der Waals surface area contributed by atoms with E-state index < -0.39 is 0 Å². The Kier molecular flexibility index (Phi) is 3.20. The number of thioether (sulfide) groups is 1. The second-order valence-electron chi connectivity index (χ2n) is 3.87. The van der Waals surface area contributed by atoms with Crippen LogP contribution in [0.4, 0.5) is 0 Å². The van der Waals surface area contributed by atoms with Gasteiger partial charge in [0.05, 0.1) is 0 Å². The Balaban J connectivity index is 2.14. The summed E-state index contributed by atoms with van der Waals surface area (Å²) in [5, 5.41) is 0.670. The molecule has 0 saturated heterocycles. The van der Waals surface area contributed by atoms with Gasteiger partial charge in [0.25, 0.3) is 0 Å². The van der Waals surface area contributed by atoms with Crippen molar-refractivity contribution in [3.8, 4) is 0 Å². The van der Waals surface area contributed by atoms with Crippen LogP contribution >= 0.6 is 27.7 Å². The molecule has 1 aromatic carbocycles. The SMILES string of the molecule is CC(N)CC1Cc2c(Br)cccc2S1. The van der Waals surface area contributed by atoms with Crippen molar-refractivity contribution < 1.29 is 0 Å². The quantitative estimate of drug-likeness (QED) is 0.894. The summed E-state index contributed by atoms with van der Waals surface area (Å²) in [6.45, 7) is 2.08. The van der Waals surface area contributed by atoms with E-state index in [0.29, 0.717) is 11.3 Å². The molecule has 14 heavy (non-hydrogen) atoms. The zero-order valence-corrected chi connectivity index (χ0v) is 10.6. The molecule has 2 atom stereocenters. The summed E-state index contributed by atoms with van der Waals surface area (Å²) in [5.41, 5.74) is 7.28. The lowest BCUT2D eigenvalue weighted by molar-refractivity contribution is 0.641.